The fourth-order valence-electron chi connectivity index (χ4n) is 2.01. The van der Waals surface area contributed by atoms with Crippen LogP contribution in [0.4, 0.5) is 4.39 Å². The van der Waals surface area contributed by atoms with E-state index in [4.69, 9.17) is 0 Å². The Labute approximate surface area is 101 Å². The van der Waals surface area contributed by atoms with Gasteiger partial charge >= 0.3 is 0 Å². The first-order chi connectivity index (χ1) is 8.22. The third-order valence-electron chi connectivity index (χ3n) is 2.89. The molecule has 0 spiro atoms. The Morgan fingerprint density at radius 2 is 2.29 bits per heavy atom. The molecule has 0 aliphatic rings. The van der Waals surface area contributed by atoms with Gasteiger partial charge in [-0.05, 0) is 31.2 Å². The second-order valence-corrected chi connectivity index (χ2v) is 4.22. The van der Waals surface area contributed by atoms with Gasteiger partial charge < -0.3 is 9.88 Å². The molecule has 1 aromatic heterocycles. The summed E-state index contributed by atoms with van der Waals surface area (Å²) in [5.41, 5.74) is 1.07. The second kappa shape index (κ2) is 5.15. The van der Waals surface area contributed by atoms with Gasteiger partial charge in [0.15, 0.2) is 0 Å². The molecule has 1 N–H and O–H groups in total. The number of fused-ring (bicyclic) bond motifs is 1. The van der Waals surface area contributed by atoms with Crippen LogP contribution in [0, 0.1) is 5.82 Å². The molecule has 90 valence electrons. The summed E-state index contributed by atoms with van der Waals surface area (Å²) in [6.45, 7) is 7.48. The van der Waals surface area contributed by atoms with Crippen LogP contribution in [-0.4, -0.2) is 17.7 Å². The van der Waals surface area contributed by atoms with Crippen LogP contribution in [0.15, 0.2) is 43.1 Å². The molecule has 0 aliphatic carbocycles. The normalized spacial score (nSPS) is 12.8. The number of aromatic nitrogens is 1. The van der Waals surface area contributed by atoms with Gasteiger partial charge in [-0.1, -0.05) is 6.08 Å². The van der Waals surface area contributed by atoms with E-state index in [1.807, 2.05) is 24.4 Å². The van der Waals surface area contributed by atoms with Crippen molar-refractivity contribution in [2.45, 2.75) is 13.0 Å². The molecule has 0 radical (unpaired) electrons. The minimum atomic E-state index is -0.187. The second-order valence-electron chi connectivity index (χ2n) is 4.22. The average Bonchev–Trinajstić information content (AvgIpc) is 2.72. The van der Waals surface area contributed by atoms with Crippen molar-refractivity contribution in [1.29, 1.82) is 0 Å². The Morgan fingerprint density at radius 1 is 1.47 bits per heavy atom. The molecule has 0 saturated heterocycles. The van der Waals surface area contributed by atoms with E-state index in [9.17, 15) is 4.39 Å². The SMILES string of the molecule is C=CCNCC(C)n1ccc2cc(F)ccc21. The zero-order chi connectivity index (χ0) is 12.3. The third kappa shape index (κ3) is 2.56. The van der Waals surface area contributed by atoms with Crippen LogP contribution in [0.1, 0.15) is 13.0 Å². The Kier molecular flexibility index (Phi) is 3.59. The van der Waals surface area contributed by atoms with Gasteiger partial charge in [-0.25, -0.2) is 4.39 Å². The summed E-state index contributed by atoms with van der Waals surface area (Å²) in [5, 5.41) is 4.23. The Hall–Kier alpha value is -1.61. The largest absolute Gasteiger partial charge is 0.343 e. The van der Waals surface area contributed by atoms with Crippen LogP contribution in [0.5, 0.6) is 0 Å². The van der Waals surface area contributed by atoms with Crippen molar-refractivity contribution in [3.05, 3.63) is 48.9 Å². The van der Waals surface area contributed by atoms with Crippen molar-refractivity contribution < 1.29 is 4.39 Å². The van der Waals surface area contributed by atoms with Gasteiger partial charge in [0.2, 0.25) is 0 Å². The van der Waals surface area contributed by atoms with Crippen molar-refractivity contribution in [3.8, 4) is 0 Å². The zero-order valence-corrected chi connectivity index (χ0v) is 9.99. The Balaban J connectivity index is 2.20. The lowest BCUT2D eigenvalue weighted by Crippen LogP contribution is -2.23. The van der Waals surface area contributed by atoms with Crippen LogP contribution in [0.3, 0.4) is 0 Å². The van der Waals surface area contributed by atoms with E-state index >= 15 is 0 Å². The lowest BCUT2D eigenvalue weighted by molar-refractivity contribution is 0.521. The first kappa shape index (κ1) is 11.9. The maximum absolute atomic E-state index is 13.1. The van der Waals surface area contributed by atoms with Crippen LogP contribution >= 0.6 is 0 Å². The topological polar surface area (TPSA) is 17.0 Å². The smallest absolute Gasteiger partial charge is 0.123 e. The first-order valence-electron chi connectivity index (χ1n) is 5.80. The summed E-state index contributed by atoms with van der Waals surface area (Å²) in [4.78, 5) is 0. The molecule has 0 aliphatic heterocycles. The van der Waals surface area contributed by atoms with Gasteiger partial charge in [-0.3, -0.25) is 0 Å². The lowest BCUT2D eigenvalue weighted by atomic mass is 10.2. The fraction of sp³-hybridized carbons (Fsp3) is 0.286. The van der Waals surface area contributed by atoms with Crippen molar-refractivity contribution in [1.82, 2.24) is 9.88 Å². The summed E-state index contributed by atoms with van der Waals surface area (Å²) in [6, 6.07) is 7.17. The minimum Gasteiger partial charge on any atom is -0.343 e. The molecule has 2 rings (SSSR count). The molecule has 1 aromatic carbocycles. The average molecular weight is 232 g/mol. The van der Waals surface area contributed by atoms with Crippen LogP contribution in [0.2, 0.25) is 0 Å². The quantitative estimate of drug-likeness (QED) is 0.619. The molecule has 1 atom stereocenters. The summed E-state index contributed by atoms with van der Waals surface area (Å²) in [5.74, 6) is -0.187. The molecule has 0 bridgehead atoms. The number of hydrogen-bond donors (Lipinski definition) is 1. The number of benzene rings is 1. The van der Waals surface area contributed by atoms with Gasteiger partial charge in [-0.2, -0.15) is 0 Å². The summed E-state index contributed by atoms with van der Waals surface area (Å²) in [6.07, 6.45) is 3.85. The van der Waals surface area contributed by atoms with Crippen LogP contribution in [0.25, 0.3) is 10.9 Å². The molecule has 17 heavy (non-hydrogen) atoms. The zero-order valence-electron chi connectivity index (χ0n) is 9.99. The molecule has 3 heteroatoms. The molecule has 1 heterocycles. The number of nitrogens with zero attached hydrogens (tertiary/aromatic N) is 1. The maximum atomic E-state index is 13.1. The molecule has 2 aromatic rings. The molecule has 2 nitrogen and oxygen atoms in total. The van der Waals surface area contributed by atoms with Gasteiger partial charge in [0.1, 0.15) is 5.82 Å². The van der Waals surface area contributed by atoms with E-state index in [0.717, 1.165) is 24.0 Å². The van der Waals surface area contributed by atoms with Crippen LogP contribution in [-0.2, 0) is 0 Å². The molecule has 0 saturated carbocycles. The van der Waals surface area contributed by atoms with E-state index < -0.39 is 0 Å². The van der Waals surface area contributed by atoms with Gasteiger partial charge in [0.05, 0.1) is 0 Å². The number of halogens is 1. The fourth-order valence-corrected chi connectivity index (χ4v) is 2.01. The molecular formula is C14H17FN2. The van der Waals surface area contributed by atoms with Crippen molar-refractivity contribution in [2.24, 2.45) is 0 Å². The van der Waals surface area contributed by atoms with Gasteiger partial charge in [-0.15, -0.1) is 6.58 Å². The standard InChI is InChI=1S/C14H17FN2/c1-3-7-16-10-11(2)17-8-6-12-9-13(15)4-5-14(12)17/h3-6,8-9,11,16H,1,7,10H2,2H3. The van der Waals surface area contributed by atoms with Crippen LogP contribution < -0.4 is 5.32 Å². The summed E-state index contributed by atoms with van der Waals surface area (Å²) in [7, 11) is 0. The van der Waals surface area contributed by atoms with Gasteiger partial charge in [0, 0.05) is 36.2 Å². The predicted octanol–water partition coefficient (Wildman–Crippen LogP) is 3.12. The van der Waals surface area contributed by atoms with Crippen molar-refractivity contribution in [2.75, 3.05) is 13.1 Å². The highest BCUT2D eigenvalue weighted by Gasteiger charge is 2.07. The molecular weight excluding hydrogens is 215 g/mol. The molecule has 0 fully saturated rings. The van der Waals surface area contributed by atoms with E-state index in [-0.39, 0.29) is 5.82 Å². The van der Waals surface area contributed by atoms with Crippen molar-refractivity contribution >= 4 is 10.9 Å². The van der Waals surface area contributed by atoms with Crippen molar-refractivity contribution in [3.63, 3.8) is 0 Å². The minimum absolute atomic E-state index is 0.187. The molecule has 0 amide bonds. The Bertz CT molecular complexity index is 516. The highest BCUT2D eigenvalue weighted by molar-refractivity contribution is 5.80. The number of nitrogens with one attached hydrogen (secondary N) is 1. The highest BCUT2D eigenvalue weighted by atomic mass is 19.1. The van der Waals surface area contributed by atoms with E-state index in [2.05, 4.69) is 23.4 Å². The Morgan fingerprint density at radius 3 is 3.06 bits per heavy atom. The highest BCUT2D eigenvalue weighted by Crippen LogP contribution is 2.20. The monoisotopic (exact) mass is 232 g/mol. The lowest BCUT2D eigenvalue weighted by Gasteiger charge is -2.15. The van der Waals surface area contributed by atoms with Gasteiger partial charge in [0.25, 0.3) is 0 Å². The third-order valence-corrected chi connectivity index (χ3v) is 2.89. The van der Waals surface area contributed by atoms with E-state index in [0.29, 0.717) is 6.04 Å². The first-order valence-corrected chi connectivity index (χ1v) is 5.80. The maximum Gasteiger partial charge on any atom is 0.123 e. The summed E-state index contributed by atoms with van der Waals surface area (Å²) >= 11 is 0. The summed E-state index contributed by atoms with van der Waals surface area (Å²) < 4.78 is 15.2. The van der Waals surface area contributed by atoms with E-state index in [1.165, 1.54) is 6.07 Å². The van der Waals surface area contributed by atoms with E-state index in [1.54, 1.807) is 6.07 Å². The number of rotatable bonds is 5. The number of hydrogen-bond acceptors (Lipinski definition) is 1. The predicted molar refractivity (Wildman–Crippen MR) is 69.7 cm³/mol. The molecule has 1 unspecified atom stereocenters.